The van der Waals surface area contributed by atoms with Crippen LogP contribution in [0.1, 0.15) is 44.9 Å². The number of rotatable bonds is 7. The van der Waals surface area contributed by atoms with Crippen molar-refractivity contribution in [2.75, 3.05) is 20.3 Å². The average molecular weight is 283 g/mol. The van der Waals surface area contributed by atoms with E-state index in [4.69, 9.17) is 15.7 Å². The van der Waals surface area contributed by atoms with E-state index in [1.54, 1.807) is 7.11 Å². The molecule has 0 aromatic rings. The number of methoxy groups -OCH3 is 1. The largest absolute Gasteiger partial charge is 0.409 e. The fraction of sp³-hybridized carbons (Fsp3) is 0.857. The highest BCUT2D eigenvalue weighted by molar-refractivity contribution is 6.07. The number of carbonyl (C=O) groups excluding carboxylic acids is 1. The summed E-state index contributed by atoms with van der Waals surface area (Å²) in [6, 6.07) is 0. The zero-order valence-electron chi connectivity index (χ0n) is 12.2. The van der Waals surface area contributed by atoms with Crippen molar-refractivity contribution in [3.05, 3.63) is 0 Å². The Morgan fingerprint density at radius 1 is 1.35 bits per heavy atom. The lowest BCUT2D eigenvalue weighted by molar-refractivity contribution is -0.127. The van der Waals surface area contributed by atoms with Crippen LogP contribution in [-0.4, -0.2) is 37.2 Å². The van der Waals surface area contributed by atoms with E-state index in [0.717, 1.165) is 38.7 Å². The van der Waals surface area contributed by atoms with Gasteiger partial charge in [-0.05, 0) is 37.5 Å². The van der Waals surface area contributed by atoms with Gasteiger partial charge in [0.2, 0.25) is 5.91 Å². The highest BCUT2D eigenvalue weighted by atomic mass is 16.5. The van der Waals surface area contributed by atoms with E-state index in [-0.39, 0.29) is 17.2 Å². The highest BCUT2D eigenvalue weighted by Crippen LogP contribution is 2.48. The maximum Gasteiger partial charge on any atom is 0.233 e. The SMILES string of the molecule is COCCC1(CNC(=O)C2(C(N)=NO)CCCC2)CC1. The minimum atomic E-state index is -0.800. The van der Waals surface area contributed by atoms with E-state index in [2.05, 4.69) is 10.5 Å². The fourth-order valence-corrected chi connectivity index (χ4v) is 3.12. The highest BCUT2D eigenvalue weighted by Gasteiger charge is 2.47. The second kappa shape index (κ2) is 5.99. The molecule has 1 amide bonds. The molecule has 2 rings (SSSR count). The van der Waals surface area contributed by atoms with Gasteiger partial charge in [-0.3, -0.25) is 4.79 Å². The van der Waals surface area contributed by atoms with Crippen molar-refractivity contribution >= 4 is 11.7 Å². The van der Waals surface area contributed by atoms with Crippen LogP contribution in [0.25, 0.3) is 0 Å². The summed E-state index contributed by atoms with van der Waals surface area (Å²) >= 11 is 0. The Labute approximate surface area is 119 Å². The minimum absolute atomic E-state index is 0.0502. The molecule has 2 fully saturated rings. The number of hydrogen-bond donors (Lipinski definition) is 3. The summed E-state index contributed by atoms with van der Waals surface area (Å²) in [5.41, 5.74) is 5.17. The molecule has 0 radical (unpaired) electrons. The van der Waals surface area contributed by atoms with Crippen LogP contribution < -0.4 is 11.1 Å². The fourth-order valence-electron chi connectivity index (χ4n) is 3.12. The molecule has 2 aliphatic rings. The Morgan fingerprint density at radius 3 is 2.50 bits per heavy atom. The van der Waals surface area contributed by atoms with E-state index >= 15 is 0 Å². The smallest absolute Gasteiger partial charge is 0.233 e. The molecule has 4 N–H and O–H groups in total. The maximum atomic E-state index is 12.5. The zero-order chi connectivity index (χ0) is 14.6. The summed E-state index contributed by atoms with van der Waals surface area (Å²) in [4.78, 5) is 12.5. The molecule has 2 aliphatic carbocycles. The van der Waals surface area contributed by atoms with Gasteiger partial charge in [-0.25, -0.2) is 0 Å². The third kappa shape index (κ3) is 2.90. The number of oxime groups is 1. The summed E-state index contributed by atoms with van der Waals surface area (Å²) in [5.74, 6) is -0.0387. The molecule has 0 spiro atoms. The number of ether oxygens (including phenoxy) is 1. The Bertz CT molecular complexity index is 385. The lowest BCUT2D eigenvalue weighted by Gasteiger charge is -2.27. The number of nitrogens with zero attached hydrogens (tertiary/aromatic N) is 1. The van der Waals surface area contributed by atoms with Gasteiger partial charge in [-0.15, -0.1) is 0 Å². The van der Waals surface area contributed by atoms with Crippen molar-refractivity contribution in [2.24, 2.45) is 21.7 Å². The van der Waals surface area contributed by atoms with Crippen LogP contribution in [0.4, 0.5) is 0 Å². The van der Waals surface area contributed by atoms with Gasteiger partial charge in [0.1, 0.15) is 5.41 Å². The third-order valence-corrected chi connectivity index (χ3v) is 4.91. The van der Waals surface area contributed by atoms with E-state index in [0.29, 0.717) is 19.4 Å². The Hall–Kier alpha value is -1.30. The maximum absolute atomic E-state index is 12.5. The van der Waals surface area contributed by atoms with Crippen molar-refractivity contribution in [1.82, 2.24) is 5.32 Å². The molecular formula is C14H25N3O3. The number of carbonyl (C=O) groups is 1. The second-order valence-corrected chi connectivity index (χ2v) is 6.20. The van der Waals surface area contributed by atoms with Gasteiger partial charge < -0.3 is 21.0 Å². The Morgan fingerprint density at radius 2 is 2.00 bits per heavy atom. The number of amidine groups is 1. The predicted molar refractivity (Wildman–Crippen MR) is 75.5 cm³/mol. The summed E-state index contributed by atoms with van der Waals surface area (Å²) in [6.45, 7) is 1.39. The van der Waals surface area contributed by atoms with Crippen LogP contribution in [0, 0.1) is 10.8 Å². The van der Waals surface area contributed by atoms with Gasteiger partial charge in [0.05, 0.1) is 0 Å². The number of amides is 1. The predicted octanol–water partition coefficient (Wildman–Crippen LogP) is 1.23. The summed E-state index contributed by atoms with van der Waals surface area (Å²) in [5, 5.41) is 15.0. The molecule has 0 atom stereocenters. The molecule has 0 aliphatic heterocycles. The average Bonchev–Trinajstić information content (AvgIpc) is 3.06. The van der Waals surface area contributed by atoms with E-state index < -0.39 is 5.41 Å². The van der Waals surface area contributed by atoms with Crippen molar-refractivity contribution in [2.45, 2.75) is 44.9 Å². The summed E-state index contributed by atoms with van der Waals surface area (Å²) in [6.07, 6.45) is 6.46. The van der Waals surface area contributed by atoms with Gasteiger partial charge >= 0.3 is 0 Å². The molecule has 2 saturated carbocycles. The normalized spacial score (nSPS) is 23.6. The molecule has 0 aromatic carbocycles. The second-order valence-electron chi connectivity index (χ2n) is 6.20. The molecule has 0 bridgehead atoms. The topological polar surface area (TPSA) is 96.9 Å². The van der Waals surface area contributed by atoms with Crippen molar-refractivity contribution in [1.29, 1.82) is 0 Å². The lowest BCUT2D eigenvalue weighted by Crippen LogP contribution is -2.49. The van der Waals surface area contributed by atoms with E-state index in [1.165, 1.54) is 0 Å². The summed E-state index contributed by atoms with van der Waals surface area (Å²) in [7, 11) is 1.70. The first-order valence-electron chi connectivity index (χ1n) is 7.34. The van der Waals surface area contributed by atoms with Crippen molar-refractivity contribution in [3.63, 3.8) is 0 Å². The van der Waals surface area contributed by atoms with Gasteiger partial charge in [0.15, 0.2) is 5.84 Å². The van der Waals surface area contributed by atoms with Gasteiger partial charge in [0, 0.05) is 20.3 Å². The monoisotopic (exact) mass is 283 g/mol. The molecule has 114 valence electrons. The van der Waals surface area contributed by atoms with Gasteiger partial charge in [0.25, 0.3) is 0 Å². The standard InChI is InChI=1S/C14H25N3O3/c1-20-9-8-13(6-7-13)10-16-12(18)14(11(15)17-19)4-2-3-5-14/h19H,2-10H2,1H3,(H2,15,17)(H,16,18). The molecule has 6 heteroatoms. The van der Waals surface area contributed by atoms with Crippen molar-refractivity contribution in [3.8, 4) is 0 Å². The molecule has 0 saturated heterocycles. The molecule has 6 nitrogen and oxygen atoms in total. The van der Waals surface area contributed by atoms with Gasteiger partial charge in [-0.1, -0.05) is 18.0 Å². The quantitative estimate of drug-likeness (QED) is 0.283. The number of nitrogens with two attached hydrogens (primary N) is 1. The first-order chi connectivity index (χ1) is 9.58. The molecular weight excluding hydrogens is 258 g/mol. The molecule has 0 heterocycles. The van der Waals surface area contributed by atoms with E-state index in [1.807, 2.05) is 0 Å². The van der Waals surface area contributed by atoms with Crippen molar-refractivity contribution < 1.29 is 14.7 Å². The first kappa shape index (κ1) is 15.1. The minimum Gasteiger partial charge on any atom is -0.409 e. The van der Waals surface area contributed by atoms with Crippen LogP contribution in [0.15, 0.2) is 5.16 Å². The third-order valence-electron chi connectivity index (χ3n) is 4.91. The van der Waals surface area contributed by atoms with Crippen LogP contribution in [0.2, 0.25) is 0 Å². The lowest BCUT2D eigenvalue weighted by atomic mass is 9.83. The van der Waals surface area contributed by atoms with Crippen LogP contribution >= 0.6 is 0 Å². The number of nitrogens with one attached hydrogen (secondary N) is 1. The van der Waals surface area contributed by atoms with Crippen LogP contribution in [0.3, 0.4) is 0 Å². The zero-order valence-corrected chi connectivity index (χ0v) is 12.2. The molecule has 0 aromatic heterocycles. The molecule has 20 heavy (non-hydrogen) atoms. The van der Waals surface area contributed by atoms with Crippen LogP contribution in [-0.2, 0) is 9.53 Å². The van der Waals surface area contributed by atoms with E-state index in [9.17, 15) is 4.79 Å². The van der Waals surface area contributed by atoms with Crippen LogP contribution in [0.5, 0.6) is 0 Å². The number of hydrogen-bond acceptors (Lipinski definition) is 4. The Kier molecular flexibility index (Phi) is 4.52. The van der Waals surface area contributed by atoms with Gasteiger partial charge in [-0.2, -0.15) is 0 Å². The summed E-state index contributed by atoms with van der Waals surface area (Å²) < 4.78 is 5.11. The molecule has 0 unspecified atom stereocenters. The Balaban J connectivity index is 1.93. The first-order valence-corrected chi connectivity index (χ1v) is 7.34.